The van der Waals surface area contributed by atoms with E-state index < -0.39 is 0 Å². The number of hydrogen-bond acceptors (Lipinski definition) is 3. The Morgan fingerprint density at radius 1 is 1.26 bits per heavy atom. The van der Waals surface area contributed by atoms with Gasteiger partial charge in [0, 0.05) is 11.8 Å². The third-order valence-electron chi connectivity index (χ3n) is 3.21. The number of nitrogen functional groups attached to an aromatic ring is 1. The van der Waals surface area contributed by atoms with Crippen LogP contribution < -0.4 is 11.1 Å². The van der Waals surface area contributed by atoms with E-state index in [-0.39, 0.29) is 11.9 Å². The maximum Gasteiger partial charge on any atom is 0.128 e. The molecule has 0 aliphatic rings. The van der Waals surface area contributed by atoms with E-state index in [2.05, 4.69) is 10.3 Å². The Bertz CT molecular complexity index is 555. The zero-order valence-corrected chi connectivity index (χ0v) is 11.4. The number of aromatic nitrogens is 1. The fourth-order valence-corrected chi connectivity index (χ4v) is 2.38. The first-order chi connectivity index (χ1) is 9.02. The molecular weight excluding hydrogens is 241 g/mol. The van der Waals surface area contributed by atoms with E-state index in [1.54, 1.807) is 6.20 Å². The molecule has 0 aliphatic heterocycles. The highest BCUT2D eigenvalue weighted by Gasteiger charge is 2.18. The van der Waals surface area contributed by atoms with Crippen LogP contribution in [0.2, 0.25) is 0 Å². The highest BCUT2D eigenvalue weighted by atomic mass is 19.1. The molecule has 2 rings (SSSR count). The van der Waals surface area contributed by atoms with Crippen molar-refractivity contribution in [3.63, 3.8) is 0 Å². The first-order valence-electron chi connectivity index (χ1n) is 6.18. The van der Waals surface area contributed by atoms with Crippen molar-refractivity contribution in [2.75, 3.05) is 12.8 Å². The minimum Gasteiger partial charge on any atom is -0.383 e. The zero-order valence-electron chi connectivity index (χ0n) is 11.4. The predicted molar refractivity (Wildman–Crippen MR) is 75.4 cm³/mol. The number of anilines is 1. The van der Waals surface area contributed by atoms with Crippen molar-refractivity contribution < 1.29 is 4.39 Å². The van der Waals surface area contributed by atoms with E-state index in [0.29, 0.717) is 5.82 Å². The topological polar surface area (TPSA) is 50.9 Å². The van der Waals surface area contributed by atoms with E-state index in [1.807, 2.05) is 33.0 Å². The molecule has 0 saturated carbocycles. The van der Waals surface area contributed by atoms with Gasteiger partial charge in [0.1, 0.15) is 11.6 Å². The normalized spacial score (nSPS) is 12.4. The van der Waals surface area contributed by atoms with Crippen LogP contribution in [0.15, 0.2) is 30.5 Å². The van der Waals surface area contributed by atoms with Crippen LogP contribution >= 0.6 is 0 Å². The summed E-state index contributed by atoms with van der Waals surface area (Å²) in [5.74, 6) is 0.233. The molecule has 1 aromatic heterocycles. The van der Waals surface area contributed by atoms with Crippen LogP contribution in [0.4, 0.5) is 10.2 Å². The highest BCUT2D eigenvalue weighted by Crippen LogP contribution is 2.29. The van der Waals surface area contributed by atoms with Crippen molar-refractivity contribution in [3.05, 3.63) is 58.5 Å². The molecule has 1 heterocycles. The molecule has 0 fully saturated rings. The van der Waals surface area contributed by atoms with Crippen LogP contribution in [0.5, 0.6) is 0 Å². The number of halogens is 1. The predicted octanol–water partition coefficient (Wildman–Crippen LogP) is 2.73. The van der Waals surface area contributed by atoms with Gasteiger partial charge >= 0.3 is 0 Å². The monoisotopic (exact) mass is 259 g/mol. The summed E-state index contributed by atoms with van der Waals surface area (Å²) in [6.45, 7) is 3.85. The summed E-state index contributed by atoms with van der Waals surface area (Å²) in [6.07, 6.45) is 1.68. The second-order valence-corrected chi connectivity index (χ2v) is 4.71. The lowest BCUT2D eigenvalue weighted by Gasteiger charge is -2.21. The van der Waals surface area contributed by atoms with Gasteiger partial charge in [-0.05, 0) is 55.8 Å². The van der Waals surface area contributed by atoms with E-state index >= 15 is 0 Å². The first-order valence-corrected chi connectivity index (χ1v) is 6.18. The third kappa shape index (κ3) is 2.74. The summed E-state index contributed by atoms with van der Waals surface area (Å²) in [7, 11) is 1.83. The number of nitrogens with two attached hydrogens (primary N) is 1. The molecule has 0 radical (unpaired) electrons. The second kappa shape index (κ2) is 5.36. The number of benzene rings is 1. The number of nitrogens with one attached hydrogen (secondary N) is 1. The molecule has 4 heteroatoms. The van der Waals surface area contributed by atoms with Gasteiger partial charge in [-0.3, -0.25) is 0 Å². The first kappa shape index (κ1) is 13.5. The van der Waals surface area contributed by atoms with Crippen LogP contribution in [-0.2, 0) is 0 Å². The SMILES string of the molecule is CNC(c1cc(C)cc(F)c1)c1c(C)ccnc1N. The largest absolute Gasteiger partial charge is 0.383 e. The Labute approximate surface area is 112 Å². The van der Waals surface area contributed by atoms with Gasteiger partial charge in [-0.1, -0.05) is 6.07 Å². The molecule has 1 unspecified atom stereocenters. The van der Waals surface area contributed by atoms with Gasteiger partial charge in [0.2, 0.25) is 0 Å². The molecule has 1 atom stereocenters. The molecule has 100 valence electrons. The molecule has 3 nitrogen and oxygen atoms in total. The van der Waals surface area contributed by atoms with E-state index in [9.17, 15) is 4.39 Å². The minimum absolute atomic E-state index is 0.164. The maximum absolute atomic E-state index is 13.6. The molecule has 19 heavy (non-hydrogen) atoms. The van der Waals surface area contributed by atoms with E-state index in [4.69, 9.17) is 5.73 Å². The summed E-state index contributed by atoms with van der Waals surface area (Å²) in [6, 6.07) is 6.73. The molecule has 1 aromatic carbocycles. The summed E-state index contributed by atoms with van der Waals surface area (Å²) in [5.41, 5.74) is 9.63. The van der Waals surface area contributed by atoms with Crippen LogP contribution in [0.3, 0.4) is 0 Å². The third-order valence-corrected chi connectivity index (χ3v) is 3.21. The lowest BCUT2D eigenvalue weighted by Crippen LogP contribution is -2.21. The van der Waals surface area contributed by atoms with Gasteiger partial charge in [0.15, 0.2) is 0 Å². The quantitative estimate of drug-likeness (QED) is 0.891. The van der Waals surface area contributed by atoms with Crippen LogP contribution in [-0.4, -0.2) is 12.0 Å². The van der Waals surface area contributed by atoms with Crippen LogP contribution in [0.25, 0.3) is 0 Å². The summed E-state index contributed by atoms with van der Waals surface area (Å²) in [4.78, 5) is 4.12. The molecule has 0 saturated heterocycles. The van der Waals surface area contributed by atoms with E-state index in [0.717, 1.165) is 22.3 Å². The molecule has 0 spiro atoms. The van der Waals surface area contributed by atoms with Gasteiger partial charge in [0.05, 0.1) is 6.04 Å². The second-order valence-electron chi connectivity index (χ2n) is 4.71. The van der Waals surface area contributed by atoms with Crippen molar-refractivity contribution in [1.82, 2.24) is 10.3 Å². The number of nitrogens with zero attached hydrogens (tertiary/aromatic N) is 1. The van der Waals surface area contributed by atoms with E-state index in [1.165, 1.54) is 12.1 Å². The Kier molecular flexibility index (Phi) is 3.81. The number of aryl methyl sites for hydroxylation is 2. The van der Waals surface area contributed by atoms with Crippen LogP contribution in [0, 0.1) is 19.7 Å². The Hall–Kier alpha value is -1.94. The fourth-order valence-electron chi connectivity index (χ4n) is 2.38. The lowest BCUT2D eigenvalue weighted by molar-refractivity contribution is 0.614. The van der Waals surface area contributed by atoms with Crippen molar-refractivity contribution >= 4 is 5.82 Å². The molecule has 2 aromatic rings. The maximum atomic E-state index is 13.6. The minimum atomic E-state index is -0.240. The summed E-state index contributed by atoms with van der Waals surface area (Å²) >= 11 is 0. The Morgan fingerprint density at radius 2 is 2.00 bits per heavy atom. The fraction of sp³-hybridized carbons (Fsp3) is 0.267. The summed E-state index contributed by atoms with van der Waals surface area (Å²) < 4.78 is 13.6. The highest BCUT2D eigenvalue weighted by molar-refractivity contribution is 5.50. The van der Waals surface area contributed by atoms with Gasteiger partial charge in [-0.15, -0.1) is 0 Å². The molecule has 3 N–H and O–H groups in total. The molecule has 0 amide bonds. The van der Waals surface area contributed by atoms with Crippen LogP contribution in [0.1, 0.15) is 28.3 Å². The van der Waals surface area contributed by atoms with Gasteiger partial charge in [-0.25, -0.2) is 9.37 Å². The smallest absolute Gasteiger partial charge is 0.128 e. The molecule has 0 aliphatic carbocycles. The zero-order chi connectivity index (χ0) is 14.0. The molecular formula is C15H18FN3. The van der Waals surface area contributed by atoms with Crippen molar-refractivity contribution in [1.29, 1.82) is 0 Å². The average molecular weight is 259 g/mol. The standard InChI is InChI=1S/C15H18FN3/c1-9-6-11(8-12(16)7-9)14(18-3)13-10(2)4-5-19-15(13)17/h4-8,14,18H,1-3H3,(H2,17,19). The number of pyridine rings is 1. The lowest BCUT2D eigenvalue weighted by atomic mass is 9.94. The van der Waals surface area contributed by atoms with Gasteiger partial charge in [-0.2, -0.15) is 0 Å². The Balaban J connectivity index is 2.56. The number of hydrogen-bond donors (Lipinski definition) is 2. The number of rotatable bonds is 3. The molecule has 0 bridgehead atoms. The Morgan fingerprint density at radius 3 is 2.58 bits per heavy atom. The average Bonchev–Trinajstić information content (AvgIpc) is 2.32. The summed E-state index contributed by atoms with van der Waals surface area (Å²) in [5, 5.41) is 3.18. The van der Waals surface area contributed by atoms with Gasteiger partial charge in [0.25, 0.3) is 0 Å². The van der Waals surface area contributed by atoms with Crippen molar-refractivity contribution in [2.45, 2.75) is 19.9 Å². The van der Waals surface area contributed by atoms with Crippen molar-refractivity contribution in [2.24, 2.45) is 0 Å². The van der Waals surface area contributed by atoms with Gasteiger partial charge < -0.3 is 11.1 Å². The van der Waals surface area contributed by atoms with Crippen molar-refractivity contribution in [3.8, 4) is 0 Å².